The van der Waals surface area contributed by atoms with Gasteiger partial charge >= 0.3 is 0 Å². The van der Waals surface area contributed by atoms with Crippen LogP contribution in [0.1, 0.15) is 15.4 Å². The van der Waals surface area contributed by atoms with Gasteiger partial charge in [0.2, 0.25) is 0 Å². The average molecular weight is 464 g/mol. The zero-order chi connectivity index (χ0) is 20.4. The van der Waals surface area contributed by atoms with Gasteiger partial charge in [-0.25, -0.2) is 9.97 Å². The molecule has 2 aromatic carbocycles. The summed E-state index contributed by atoms with van der Waals surface area (Å²) >= 11 is 8.65. The fraction of sp³-hybridized carbons (Fsp3) is 0.0526. The summed E-state index contributed by atoms with van der Waals surface area (Å²) in [7, 11) is -4.40. The average Bonchev–Trinajstić information content (AvgIpc) is 3.29. The molecule has 0 atom stereocenters. The number of halogens is 1. The molecule has 0 amide bonds. The van der Waals surface area contributed by atoms with Gasteiger partial charge in [-0.2, -0.15) is 8.42 Å². The first kappa shape index (κ1) is 20.0. The Morgan fingerprint density at radius 2 is 1.97 bits per heavy atom. The molecule has 0 saturated heterocycles. The van der Waals surface area contributed by atoms with Crippen molar-refractivity contribution in [3.8, 4) is 0 Å². The lowest BCUT2D eigenvalue weighted by molar-refractivity contribution is 0.483. The summed E-state index contributed by atoms with van der Waals surface area (Å²) in [5.74, 6) is 0. The molecule has 2 N–H and O–H groups in total. The van der Waals surface area contributed by atoms with Crippen molar-refractivity contribution in [3.63, 3.8) is 0 Å². The summed E-state index contributed by atoms with van der Waals surface area (Å²) in [5, 5.41) is 3.85. The predicted octanol–water partition coefficient (Wildman–Crippen LogP) is 5.44. The Morgan fingerprint density at radius 3 is 2.69 bits per heavy atom. The molecule has 4 rings (SSSR count). The van der Waals surface area contributed by atoms with E-state index >= 15 is 0 Å². The highest BCUT2D eigenvalue weighted by molar-refractivity contribution is 7.86. The number of nitrogens with one attached hydrogen (secondary N) is 1. The smallest absolute Gasteiger partial charge is 0.295 e. The predicted molar refractivity (Wildman–Crippen MR) is 119 cm³/mol. The molecule has 0 aliphatic carbocycles. The van der Waals surface area contributed by atoms with E-state index < -0.39 is 10.1 Å². The number of nitrogens with zero attached hydrogens (tertiary/aromatic N) is 2. The highest BCUT2D eigenvalue weighted by Crippen LogP contribution is 2.26. The van der Waals surface area contributed by atoms with Crippen molar-refractivity contribution >= 4 is 72.4 Å². The molecule has 148 valence electrons. The van der Waals surface area contributed by atoms with Crippen molar-refractivity contribution in [2.24, 2.45) is 0 Å². The molecule has 0 aliphatic heterocycles. The van der Waals surface area contributed by atoms with Gasteiger partial charge in [-0.1, -0.05) is 35.9 Å². The topological polar surface area (TPSA) is 92.2 Å². The number of fused-ring (bicyclic) bond motifs is 1. The van der Waals surface area contributed by atoms with Gasteiger partial charge in [0.15, 0.2) is 4.47 Å². The Morgan fingerprint density at radius 1 is 1.14 bits per heavy atom. The van der Waals surface area contributed by atoms with E-state index in [9.17, 15) is 13.0 Å². The second-order valence-electron chi connectivity index (χ2n) is 6.01. The highest BCUT2D eigenvalue weighted by atomic mass is 35.5. The maximum Gasteiger partial charge on any atom is 0.295 e. The number of rotatable bonds is 6. The highest BCUT2D eigenvalue weighted by Gasteiger charge is 2.15. The summed E-state index contributed by atoms with van der Waals surface area (Å²) < 4.78 is 34.9. The Hall–Kier alpha value is -2.30. The molecule has 4 aromatic rings. The van der Waals surface area contributed by atoms with Gasteiger partial charge in [0.1, 0.15) is 9.90 Å². The number of thiazole rings is 2. The number of hydrogen-bond acceptors (Lipinski definition) is 7. The first-order valence-corrected chi connectivity index (χ1v) is 11.8. The van der Waals surface area contributed by atoms with Crippen molar-refractivity contribution in [2.75, 3.05) is 5.32 Å². The second-order valence-corrected chi connectivity index (χ2v) is 10.2. The summed E-state index contributed by atoms with van der Waals surface area (Å²) in [4.78, 5) is 9.18. The van der Waals surface area contributed by atoms with Crippen LogP contribution in [0.3, 0.4) is 0 Å². The summed E-state index contributed by atoms with van der Waals surface area (Å²) in [5.41, 5.74) is 1.81. The molecule has 0 fully saturated rings. The fourth-order valence-corrected chi connectivity index (χ4v) is 5.18. The quantitative estimate of drug-likeness (QED) is 0.370. The van der Waals surface area contributed by atoms with E-state index in [-0.39, 0.29) is 4.90 Å². The molecule has 0 bridgehead atoms. The second kappa shape index (κ2) is 8.21. The van der Waals surface area contributed by atoms with Gasteiger partial charge in [-0.15, -0.1) is 22.7 Å². The lowest BCUT2D eigenvalue weighted by atomic mass is 10.2. The van der Waals surface area contributed by atoms with Gasteiger partial charge in [-0.05, 0) is 35.9 Å². The largest absolute Gasteiger partial charge is 0.380 e. The van der Waals surface area contributed by atoms with E-state index in [1.807, 2.05) is 24.3 Å². The van der Waals surface area contributed by atoms with E-state index in [4.69, 9.17) is 11.6 Å². The number of aromatic nitrogens is 2. The van der Waals surface area contributed by atoms with Gasteiger partial charge in [0, 0.05) is 16.8 Å². The molecule has 29 heavy (non-hydrogen) atoms. The van der Waals surface area contributed by atoms with E-state index in [1.54, 1.807) is 30.5 Å². The van der Waals surface area contributed by atoms with Crippen LogP contribution in [0.25, 0.3) is 22.4 Å². The fourth-order valence-electron chi connectivity index (χ4n) is 2.68. The molecule has 0 spiro atoms. The molecule has 2 aromatic heterocycles. The molecule has 0 saturated carbocycles. The van der Waals surface area contributed by atoms with Gasteiger partial charge in [0.05, 0.1) is 16.8 Å². The SMILES string of the molecule is O=S(=O)(O)c1cc(NCc2cnc(Cl)s2)ccc1C=Cc1nc2ccccc2s1. The van der Waals surface area contributed by atoms with E-state index in [2.05, 4.69) is 15.3 Å². The maximum atomic E-state index is 11.9. The third kappa shape index (κ3) is 4.82. The van der Waals surface area contributed by atoms with E-state index in [0.29, 0.717) is 22.3 Å². The normalized spacial score (nSPS) is 12.1. The zero-order valence-corrected chi connectivity index (χ0v) is 17.9. The summed E-state index contributed by atoms with van der Waals surface area (Å²) in [6.07, 6.45) is 5.02. The van der Waals surface area contributed by atoms with Crippen LogP contribution in [0, 0.1) is 0 Å². The van der Waals surface area contributed by atoms with Crippen molar-refractivity contribution in [2.45, 2.75) is 11.4 Å². The third-order valence-electron chi connectivity index (χ3n) is 4.00. The number of para-hydroxylation sites is 1. The first-order chi connectivity index (χ1) is 13.9. The van der Waals surface area contributed by atoms with Crippen molar-refractivity contribution in [1.29, 1.82) is 0 Å². The maximum absolute atomic E-state index is 11.9. The summed E-state index contributed by atoms with van der Waals surface area (Å²) in [6.45, 7) is 0.441. The molecule has 0 radical (unpaired) electrons. The van der Waals surface area contributed by atoms with Crippen molar-refractivity contribution < 1.29 is 13.0 Å². The third-order valence-corrected chi connectivity index (χ3v) is 7.03. The molecule has 10 heteroatoms. The van der Waals surface area contributed by atoms with Crippen LogP contribution in [0.15, 0.2) is 53.6 Å². The first-order valence-electron chi connectivity index (χ1n) is 8.38. The van der Waals surface area contributed by atoms with Crippen LogP contribution in [0.2, 0.25) is 4.47 Å². The number of hydrogen-bond donors (Lipinski definition) is 2. The Labute approximate surface area is 180 Å². The van der Waals surface area contributed by atoms with E-state index in [1.165, 1.54) is 28.7 Å². The van der Waals surface area contributed by atoms with Gasteiger partial charge in [0.25, 0.3) is 10.1 Å². The Kier molecular flexibility index (Phi) is 5.66. The minimum Gasteiger partial charge on any atom is -0.380 e. The van der Waals surface area contributed by atoms with Crippen LogP contribution < -0.4 is 5.32 Å². The summed E-state index contributed by atoms with van der Waals surface area (Å²) in [6, 6.07) is 12.5. The van der Waals surface area contributed by atoms with Gasteiger partial charge in [-0.3, -0.25) is 4.55 Å². The molecule has 0 unspecified atom stereocenters. The van der Waals surface area contributed by atoms with Crippen molar-refractivity contribution in [3.05, 3.63) is 68.6 Å². The van der Waals surface area contributed by atoms with Crippen LogP contribution in [-0.4, -0.2) is 22.9 Å². The van der Waals surface area contributed by atoms with Crippen LogP contribution in [-0.2, 0) is 16.7 Å². The Balaban J connectivity index is 1.60. The molecular weight excluding hydrogens is 450 g/mol. The molecule has 2 heterocycles. The molecule has 0 aliphatic rings. The standard InChI is InChI=1S/C19H14ClN3O3S3/c20-19-22-11-14(27-19)10-21-13-7-5-12(17(9-13)29(24,25)26)6-8-18-23-15-3-1-2-4-16(15)28-18/h1-9,11,21H,10H2,(H,24,25,26). The minimum atomic E-state index is -4.40. The van der Waals surface area contributed by atoms with Crippen LogP contribution >= 0.6 is 34.3 Å². The monoisotopic (exact) mass is 463 g/mol. The minimum absolute atomic E-state index is 0.179. The molecule has 6 nitrogen and oxygen atoms in total. The van der Waals surface area contributed by atoms with E-state index in [0.717, 1.165) is 20.1 Å². The van der Waals surface area contributed by atoms with Crippen molar-refractivity contribution in [1.82, 2.24) is 9.97 Å². The van der Waals surface area contributed by atoms with Crippen LogP contribution in [0.4, 0.5) is 5.69 Å². The zero-order valence-electron chi connectivity index (χ0n) is 14.7. The van der Waals surface area contributed by atoms with Gasteiger partial charge < -0.3 is 5.32 Å². The lowest BCUT2D eigenvalue weighted by Crippen LogP contribution is -2.04. The number of anilines is 1. The van der Waals surface area contributed by atoms with Crippen LogP contribution in [0.5, 0.6) is 0 Å². The molecular formula is C19H14ClN3O3S3. The lowest BCUT2D eigenvalue weighted by Gasteiger charge is -2.09. The Bertz CT molecular complexity index is 1280. The number of benzene rings is 2.